The molecule has 0 spiro atoms. The van der Waals surface area contributed by atoms with Gasteiger partial charge in [-0.25, -0.2) is 4.98 Å². The number of hydrogen-bond acceptors (Lipinski definition) is 11. The molecule has 6 N–H and O–H groups in total. The number of Topliss-reactive ketones (excluding diaryl/α,β-unsaturated/α-hetero) is 3. The highest BCUT2D eigenvalue weighted by Gasteiger charge is 2.74. The van der Waals surface area contributed by atoms with Gasteiger partial charge in [-0.05, 0) is 20.8 Å². The number of hydrogen-bond donors (Lipinski definition) is 5. The van der Waals surface area contributed by atoms with Gasteiger partial charge in [0.2, 0.25) is 11.5 Å². The molecule has 1 saturated heterocycles. The minimum atomic E-state index is -3.09. The second-order valence-corrected chi connectivity index (χ2v) is 8.39. The van der Waals surface area contributed by atoms with E-state index in [1.807, 2.05) is 0 Å². The number of benzene rings is 1. The number of rotatable bonds is 6. The maximum absolute atomic E-state index is 12.9. The summed E-state index contributed by atoms with van der Waals surface area (Å²) in [7, 11) is 0. The number of carbonyl (C=O) groups is 3. The van der Waals surface area contributed by atoms with Gasteiger partial charge in [-0.1, -0.05) is 30.3 Å². The molecule has 3 heterocycles. The number of nitrogens with zero attached hydrogens (tertiary/aromatic N) is 3. The van der Waals surface area contributed by atoms with E-state index >= 15 is 0 Å². The number of aromatic nitrogens is 4. The molecule has 0 saturated carbocycles. The zero-order valence-corrected chi connectivity index (χ0v) is 18.9. The number of carbonyl (C=O) groups excluding carboxylic acids is 3. The zero-order valence-electron chi connectivity index (χ0n) is 18.9. The fraction of sp³-hybridized carbons (Fsp3) is 0.364. The first kappa shape index (κ1) is 24.3. The Kier molecular flexibility index (Phi) is 5.68. The number of fused-ring (bicyclic) bond motifs is 1. The maximum atomic E-state index is 12.9. The number of nitrogens with one attached hydrogen (secondary N) is 1. The molecule has 1 aromatic carbocycles. The number of aliphatic hydroxyl groups is 3. The van der Waals surface area contributed by atoms with Crippen LogP contribution in [0.2, 0.25) is 0 Å². The summed E-state index contributed by atoms with van der Waals surface area (Å²) < 4.78 is 6.74. The van der Waals surface area contributed by atoms with Crippen molar-refractivity contribution in [3.05, 3.63) is 40.7 Å². The fourth-order valence-electron chi connectivity index (χ4n) is 4.36. The number of aliphatic hydroxyl groups excluding tert-OH is 1. The van der Waals surface area contributed by atoms with Gasteiger partial charge in [0.25, 0.3) is 5.56 Å². The molecule has 1 unspecified atom stereocenters. The zero-order chi connectivity index (χ0) is 25.9. The van der Waals surface area contributed by atoms with Crippen LogP contribution in [-0.2, 0) is 19.1 Å². The molecular weight excluding hydrogens is 462 g/mol. The Bertz CT molecular complexity index is 1410. The molecule has 0 amide bonds. The van der Waals surface area contributed by atoms with Crippen LogP contribution in [0.25, 0.3) is 22.6 Å². The first-order valence-corrected chi connectivity index (χ1v) is 10.5. The number of nitrogen functional groups attached to an aromatic ring is 1. The molecule has 1 aliphatic rings. The molecule has 2 aromatic heterocycles. The van der Waals surface area contributed by atoms with Crippen molar-refractivity contribution in [2.24, 2.45) is 0 Å². The van der Waals surface area contributed by atoms with Gasteiger partial charge in [0.05, 0.1) is 0 Å². The highest BCUT2D eigenvalue weighted by atomic mass is 16.6. The van der Waals surface area contributed by atoms with E-state index in [4.69, 9.17) is 10.5 Å². The first-order valence-electron chi connectivity index (χ1n) is 10.5. The van der Waals surface area contributed by atoms with Crippen molar-refractivity contribution in [3.63, 3.8) is 0 Å². The molecule has 1 aliphatic heterocycles. The summed E-state index contributed by atoms with van der Waals surface area (Å²) in [6, 6.07) is 8.23. The van der Waals surface area contributed by atoms with Crippen LogP contribution in [0, 0.1) is 0 Å². The SMILES string of the molecule is CC(=O)[C@@]1(O)[C@@H](C(=O)C(C)O)O[C@@H](n2c(-c3ccccc3)nc3c(=O)[nH]c(N)nc32)[C@@]1(O)C(C)=O. The fourth-order valence-corrected chi connectivity index (χ4v) is 4.36. The van der Waals surface area contributed by atoms with E-state index in [2.05, 4.69) is 15.0 Å². The molecular formula is C22H23N5O8. The number of nitrogens with two attached hydrogens (primary N) is 1. The number of ketones is 3. The number of ether oxygens (including phenoxy) is 1. The van der Waals surface area contributed by atoms with E-state index in [1.54, 1.807) is 30.3 Å². The van der Waals surface area contributed by atoms with Gasteiger partial charge in [-0.3, -0.25) is 28.7 Å². The Balaban J connectivity index is 2.12. The Hall–Kier alpha value is -3.78. The van der Waals surface area contributed by atoms with Crippen molar-refractivity contribution in [1.29, 1.82) is 0 Å². The van der Waals surface area contributed by atoms with Crippen LogP contribution in [0.1, 0.15) is 27.0 Å². The third kappa shape index (κ3) is 3.31. The minimum absolute atomic E-state index is 0.0371. The number of imidazole rings is 1. The van der Waals surface area contributed by atoms with Crippen molar-refractivity contribution < 1.29 is 34.4 Å². The van der Waals surface area contributed by atoms with Crippen LogP contribution in [0.15, 0.2) is 35.1 Å². The van der Waals surface area contributed by atoms with E-state index in [0.29, 0.717) is 5.56 Å². The maximum Gasteiger partial charge on any atom is 0.280 e. The Morgan fingerprint density at radius 1 is 1.11 bits per heavy atom. The smallest absolute Gasteiger partial charge is 0.280 e. The van der Waals surface area contributed by atoms with Crippen molar-refractivity contribution in [2.45, 2.75) is 50.4 Å². The summed E-state index contributed by atoms with van der Waals surface area (Å²) in [5, 5.41) is 33.0. The van der Waals surface area contributed by atoms with Crippen LogP contribution < -0.4 is 11.3 Å². The molecule has 13 heteroatoms. The molecule has 5 atom stereocenters. The summed E-state index contributed by atoms with van der Waals surface area (Å²) in [6.07, 6.45) is -5.83. The quantitative estimate of drug-likeness (QED) is 0.281. The standard InChI is InChI=1S/C22H23N5O8/c1-9(28)14(31)15-21(33,10(2)29)22(34,11(3)30)19(35-15)27-16(12-7-5-4-6-8-12)24-13-17(27)25-20(23)26-18(13)32/h4-9,15,19,28,33-34H,1-3H3,(H3,23,25,26,32)/t9?,15-,19-,21-,22+/m1/s1. The van der Waals surface area contributed by atoms with Gasteiger partial charge in [0.1, 0.15) is 11.9 Å². The molecule has 0 bridgehead atoms. The van der Waals surface area contributed by atoms with Crippen molar-refractivity contribution in [1.82, 2.24) is 19.5 Å². The summed E-state index contributed by atoms with van der Waals surface area (Å²) >= 11 is 0. The topological polar surface area (TPSA) is 211 Å². The van der Waals surface area contributed by atoms with Crippen LogP contribution in [-0.4, -0.2) is 75.6 Å². The number of H-pyrrole nitrogens is 1. The van der Waals surface area contributed by atoms with Gasteiger partial charge in [0, 0.05) is 5.56 Å². The van der Waals surface area contributed by atoms with E-state index in [0.717, 1.165) is 25.3 Å². The van der Waals surface area contributed by atoms with Gasteiger partial charge in [-0.15, -0.1) is 0 Å². The lowest BCUT2D eigenvalue weighted by Gasteiger charge is -2.37. The molecule has 4 rings (SSSR count). The normalized spacial score (nSPS) is 27.1. The van der Waals surface area contributed by atoms with E-state index in [-0.39, 0.29) is 22.9 Å². The van der Waals surface area contributed by atoms with E-state index in [9.17, 15) is 34.5 Å². The lowest BCUT2D eigenvalue weighted by molar-refractivity contribution is -0.181. The summed E-state index contributed by atoms with van der Waals surface area (Å²) in [6.45, 7) is 2.85. The Morgan fingerprint density at radius 2 is 1.71 bits per heavy atom. The van der Waals surface area contributed by atoms with Crippen LogP contribution in [0.4, 0.5) is 5.95 Å². The Morgan fingerprint density at radius 3 is 2.26 bits per heavy atom. The van der Waals surface area contributed by atoms with Crippen LogP contribution in [0.3, 0.4) is 0 Å². The molecule has 35 heavy (non-hydrogen) atoms. The second-order valence-electron chi connectivity index (χ2n) is 8.39. The molecule has 1 fully saturated rings. The highest BCUT2D eigenvalue weighted by molar-refractivity contribution is 6.04. The largest absolute Gasteiger partial charge is 0.386 e. The van der Waals surface area contributed by atoms with E-state index < -0.39 is 52.5 Å². The summed E-state index contributed by atoms with van der Waals surface area (Å²) in [5.41, 5.74) is -1.28. The minimum Gasteiger partial charge on any atom is -0.386 e. The van der Waals surface area contributed by atoms with Crippen LogP contribution >= 0.6 is 0 Å². The molecule has 184 valence electrons. The predicted octanol–water partition coefficient (Wildman–Crippen LogP) is -1.14. The number of aromatic amines is 1. The molecule has 0 aliphatic carbocycles. The highest BCUT2D eigenvalue weighted by Crippen LogP contribution is 2.49. The van der Waals surface area contributed by atoms with E-state index in [1.165, 1.54) is 0 Å². The van der Waals surface area contributed by atoms with Crippen molar-refractivity contribution in [3.8, 4) is 11.4 Å². The lowest BCUT2D eigenvalue weighted by Crippen LogP contribution is -2.67. The third-order valence-electron chi connectivity index (χ3n) is 6.16. The first-order chi connectivity index (χ1) is 16.4. The van der Waals surface area contributed by atoms with Gasteiger partial charge >= 0.3 is 0 Å². The molecule has 0 radical (unpaired) electrons. The lowest BCUT2D eigenvalue weighted by atomic mass is 9.73. The van der Waals surface area contributed by atoms with Gasteiger partial charge in [-0.2, -0.15) is 4.98 Å². The van der Waals surface area contributed by atoms with Crippen molar-refractivity contribution in [2.75, 3.05) is 5.73 Å². The monoisotopic (exact) mass is 485 g/mol. The van der Waals surface area contributed by atoms with Gasteiger partial charge in [0.15, 0.2) is 46.4 Å². The Labute approximate surface area is 197 Å². The molecule has 3 aromatic rings. The second kappa shape index (κ2) is 8.16. The third-order valence-corrected chi connectivity index (χ3v) is 6.16. The summed E-state index contributed by atoms with van der Waals surface area (Å²) in [4.78, 5) is 61.6. The van der Waals surface area contributed by atoms with Crippen molar-refractivity contribution >= 4 is 34.5 Å². The number of anilines is 1. The summed E-state index contributed by atoms with van der Waals surface area (Å²) in [5.74, 6) is -3.80. The van der Waals surface area contributed by atoms with Gasteiger partial charge < -0.3 is 25.8 Å². The van der Waals surface area contributed by atoms with Crippen LogP contribution in [0.5, 0.6) is 0 Å². The predicted molar refractivity (Wildman–Crippen MR) is 120 cm³/mol. The average molecular weight is 485 g/mol. The molecule has 13 nitrogen and oxygen atoms in total. The average Bonchev–Trinajstić information content (AvgIpc) is 3.28.